The number of thiazole rings is 1. The molecule has 9 nitrogen and oxygen atoms in total. The molecule has 5 rings (SSSR count). The van der Waals surface area contributed by atoms with Crippen molar-refractivity contribution in [2.75, 3.05) is 27.8 Å². The highest BCUT2D eigenvalue weighted by Crippen LogP contribution is 2.28. The summed E-state index contributed by atoms with van der Waals surface area (Å²) >= 11 is 7.53. The Morgan fingerprint density at radius 2 is 1.81 bits per heavy atom. The van der Waals surface area contributed by atoms with Crippen LogP contribution in [0, 0.1) is 0 Å². The topological polar surface area (TPSA) is 109 Å². The highest BCUT2D eigenvalue weighted by Gasteiger charge is 2.40. The van der Waals surface area contributed by atoms with Crippen LogP contribution in [0.3, 0.4) is 0 Å². The van der Waals surface area contributed by atoms with Crippen molar-refractivity contribution in [1.29, 1.82) is 0 Å². The molecule has 192 valence electrons. The van der Waals surface area contributed by atoms with Crippen LogP contribution in [0.5, 0.6) is 0 Å². The smallest absolute Gasteiger partial charge is 0.280 e. The van der Waals surface area contributed by atoms with E-state index in [1.807, 2.05) is 12.1 Å². The van der Waals surface area contributed by atoms with Crippen LogP contribution in [0.1, 0.15) is 43.7 Å². The van der Waals surface area contributed by atoms with Gasteiger partial charge in [-0.15, -0.1) is 11.3 Å². The van der Waals surface area contributed by atoms with Gasteiger partial charge in [-0.1, -0.05) is 11.6 Å². The highest BCUT2D eigenvalue weighted by molar-refractivity contribution is 7.13. The van der Waals surface area contributed by atoms with Gasteiger partial charge in [-0.05, 0) is 44.2 Å². The lowest BCUT2D eigenvalue weighted by Gasteiger charge is -2.40. The number of H-pyrrole nitrogens is 1. The molecule has 36 heavy (non-hydrogen) atoms. The van der Waals surface area contributed by atoms with Crippen molar-refractivity contribution in [2.24, 2.45) is 0 Å². The Bertz CT molecular complexity index is 1280. The molecule has 3 N–H and O–H groups in total. The van der Waals surface area contributed by atoms with Crippen LogP contribution in [-0.4, -0.2) is 78.8 Å². The van der Waals surface area contributed by atoms with E-state index in [1.54, 1.807) is 26.4 Å². The number of nitrogens with zero attached hydrogens (tertiary/aromatic N) is 2. The number of amides is 2. The Labute approximate surface area is 218 Å². The predicted octanol–water partition coefficient (Wildman–Crippen LogP) is 2.99. The van der Waals surface area contributed by atoms with Crippen LogP contribution < -0.4 is 10.6 Å². The molecular weight excluding hydrogens is 502 g/mol. The first-order chi connectivity index (χ1) is 17.3. The van der Waals surface area contributed by atoms with Crippen molar-refractivity contribution >= 4 is 45.7 Å². The lowest BCUT2D eigenvalue weighted by molar-refractivity contribution is -0.0709. The lowest BCUT2D eigenvalue weighted by atomic mass is 9.85. The van der Waals surface area contributed by atoms with E-state index >= 15 is 0 Å². The average molecular weight is 532 g/mol. The summed E-state index contributed by atoms with van der Waals surface area (Å²) in [4.78, 5) is 37.5. The van der Waals surface area contributed by atoms with E-state index in [2.05, 4.69) is 32.5 Å². The number of hydrogen-bond acceptors (Lipinski definition) is 7. The van der Waals surface area contributed by atoms with E-state index in [4.69, 9.17) is 21.1 Å². The van der Waals surface area contributed by atoms with Crippen molar-refractivity contribution in [3.05, 3.63) is 50.6 Å². The van der Waals surface area contributed by atoms with E-state index in [1.165, 1.54) is 11.3 Å². The number of carbonyl (C=O) groups excluding carboxylic acids is 2. The summed E-state index contributed by atoms with van der Waals surface area (Å²) in [6.07, 6.45) is 1.42. The van der Waals surface area contributed by atoms with Gasteiger partial charge >= 0.3 is 0 Å². The summed E-state index contributed by atoms with van der Waals surface area (Å²) in [5.41, 5.74) is 2.26. The number of ether oxygens (including phenoxy) is 2. The van der Waals surface area contributed by atoms with Gasteiger partial charge in [0.1, 0.15) is 5.69 Å². The molecular formula is C25H30ClN5O4S. The predicted molar refractivity (Wildman–Crippen MR) is 139 cm³/mol. The van der Waals surface area contributed by atoms with Crippen molar-refractivity contribution in [1.82, 2.24) is 25.5 Å². The third-order valence-electron chi connectivity index (χ3n) is 7.06. The van der Waals surface area contributed by atoms with Crippen LogP contribution in [0.2, 0.25) is 5.02 Å². The number of halogens is 1. The van der Waals surface area contributed by atoms with Crippen LogP contribution in [-0.2, 0) is 22.4 Å². The third kappa shape index (κ3) is 5.14. The van der Waals surface area contributed by atoms with Gasteiger partial charge in [0.25, 0.3) is 11.8 Å². The fourth-order valence-electron chi connectivity index (χ4n) is 5.07. The van der Waals surface area contributed by atoms with Gasteiger partial charge in [0, 0.05) is 54.5 Å². The number of hydrogen-bond donors (Lipinski definition) is 3. The second kappa shape index (κ2) is 10.5. The monoisotopic (exact) mass is 531 g/mol. The summed E-state index contributed by atoms with van der Waals surface area (Å²) < 4.78 is 11.3. The standard InChI is InChI=1S/C25H30ClN5O4S/c1-31-7-6-16-22(12-31)36-25(30-16)24(33)29-18-11-21(35-3)20(34-2)10-17(18)28-23(32)19-9-13-8-14(26)4-5-15(13)27-19/h4-5,8-9,17-18,20-21,27H,6-7,10-12H2,1-3H3,(H,28,32)(H,29,33)/t17-,18+,20-,21-/m1/s1. The first-order valence-corrected chi connectivity index (χ1v) is 13.2. The average Bonchev–Trinajstić information content (AvgIpc) is 3.48. The second-order valence-electron chi connectivity index (χ2n) is 9.47. The first kappa shape index (κ1) is 25.2. The van der Waals surface area contributed by atoms with Gasteiger partial charge in [0.2, 0.25) is 0 Å². The molecule has 2 aromatic heterocycles. The first-order valence-electron chi connectivity index (χ1n) is 12.0. The van der Waals surface area contributed by atoms with Gasteiger partial charge in [0.15, 0.2) is 5.01 Å². The summed E-state index contributed by atoms with van der Waals surface area (Å²) in [5.74, 6) is -0.489. The van der Waals surface area contributed by atoms with Crippen molar-refractivity contribution < 1.29 is 19.1 Å². The molecule has 0 spiro atoms. The number of rotatable bonds is 6. The Balaban J connectivity index is 1.34. The molecule has 2 aliphatic rings. The molecule has 1 aliphatic carbocycles. The molecule has 0 unspecified atom stereocenters. The van der Waals surface area contributed by atoms with E-state index in [9.17, 15) is 9.59 Å². The molecule has 1 aromatic carbocycles. The minimum Gasteiger partial charge on any atom is -0.379 e. The van der Waals surface area contributed by atoms with Crippen LogP contribution in [0.15, 0.2) is 24.3 Å². The van der Waals surface area contributed by atoms with Gasteiger partial charge < -0.3 is 30.0 Å². The van der Waals surface area contributed by atoms with Gasteiger partial charge in [-0.25, -0.2) is 4.98 Å². The molecule has 1 aliphatic heterocycles. The maximum absolute atomic E-state index is 13.2. The summed E-state index contributed by atoms with van der Waals surface area (Å²) in [7, 11) is 5.33. The molecule has 4 atom stereocenters. The van der Waals surface area contributed by atoms with Crippen molar-refractivity contribution in [2.45, 2.75) is 50.1 Å². The van der Waals surface area contributed by atoms with E-state index in [0.717, 1.165) is 41.0 Å². The number of methoxy groups -OCH3 is 2. The molecule has 11 heteroatoms. The van der Waals surface area contributed by atoms with E-state index in [-0.39, 0.29) is 36.1 Å². The zero-order valence-electron chi connectivity index (χ0n) is 20.5. The molecule has 2 amide bonds. The summed E-state index contributed by atoms with van der Waals surface area (Å²) in [6, 6.07) is 6.50. The van der Waals surface area contributed by atoms with Crippen LogP contribution in [0.25, 0.3) is 10.9 Å². The number of benzene rings is 1. The zero-order chi connectivity index (χ0) is 25.4. The SMILES string of the molecule is CO[C@@H]1C[C@H](NC(=O)c2nc3c(s2)CN(C)CC3)[C@H](NC(=O)c2cc3cc(Cl)ccc3[nH]2)C[C@H]1OC. The summed E-state index contributed by atoms with van der Waals surface area (Å²) in [5, 5.41) is 8.14. The van der Waals surface area contributed by atoms with Gasteiger partial charge in [-0.2, -0.15) is 0 Å². The fraction of sp³-hybridized carbons (Fsp3) is 0.480. The molecule has 1 saturated carbocycles. The lowest BCUT2D eigenvalue weighted by Crippen LogP contribution is -2.59. The number of carbonyl (C=O) groups is 2. The molecule has 0 bridgehead atoms. The summed E-state index contributed by atoms with van der Waals surface area (Å²) in [6.45, 7) is 1.74. The molecule has 3 heterocycles. The highest BCUT2D eigenvalue weighted by atomic mass is 35.5. The Hall–Kier alpha value is -2.50. The minimum absolute atomic E-state index is 0.207. The number of fused-ring (bicyclic) bond motifs is 2. The number of nitrogens with one attached hydrogen (secondary N) is 3. The van der Waals surface area contributed by atoms with E-state index in [0.29, 0.717) is 28.6 Å². The van der Waals surface area contributed by atoms with Crippen molar-refractivity contribution in [3.8, 4) is 0 Å². The quantitative estimate of drug-likeness (QED) is 0.451. The van der Waals surface area contributed by atoms with E-state index < -0.39 is 0 Å². The molecule has 1 fully saturated rings. The number of aromatic nitrogens is 2. The normalized spacial score (nSPS) is 24.4. The Morgan fingerprint density at radius 1 is 1.11 bits per heavy atom. The second-order valence-corrected chi connectivity index (χ2v) is 11.0. The maximum Gasteiger partial charge on any atom is 0.280 e. The third-order valence-corrected chi connectivity index (χ3v) is 8.37. The molecule has 0 saturated heterocycles. The van der Waals surface area contributed by atoms with Crippen LogP contribution in [0.4, 0.5) is 0 Å². The van der Waals surface area contributed by atoms with Gasteiger partial charge in [0.05, 0.1) is 30.0 Å². The van der Waals surface area contributed by atoms with Crippen molar-refractivity contribution in [3.63, 3.8) is 0 Å². The maximum atomic E-state index is 13.2. The number of likely N-dealkylation sites (N-methyl/N-ethyl adjacent to an activating group) is 1. The Morgan fingerprint density at radius 3 is 2.50 bits per heavy atom. The molecule has 0 radical (unpaired) electrons. The fourth-order valence-corrected chi connectivity index (χ4v) is 6.34. The van der Waals surface area contributed by atoms with Crippen LogP contribution >= 0.6 is 22.9 Å². The largest absolute Gasteiger partial charge is 0.379 e. The Kier molecular flexibility index (Phi) is 7.32. The molecule has 3 aromatic rings. The number of aromatic amines is 1. The minimum atomic E-state index is -0.353. The zero-order valence-corrected chi connectivity index (χ0v) is 22.0. The van der Waals surface area contributed by atoms with Gasteiger partial charge in [-0.3, -0.25) is 9.59 Å².